The molecule has 0 radical (unpaired) electrons. The number of nitrogens with two attached hydrogens (primary N) is 1. The molecule has 6 aliphatic rings. The number of nitrogens with one attached hydrogen (secondary N) is 2. The maximum Gasteiger partial charge on any atom is 0.403 e. The van der Waals surface area contributed by atoms with Gasteiger partial charge in [0.15, 0.2) is 34.7 Å². The van der Waals surface area contributed by atoms with Crippen molar-refractivity contribution in [3.05, 3.63) is 71.3 Å². The van der Waals surface area contributed by atoms with Crippen LogP contribution < -0.4 is 45.4 Å². The Morgan fingerprint density at radius 3 is 1.52 bits per heavy atom. The van der Waals surface area contributed by atoms with Gasteiger partial charge in [-0.05, 0) is 96.7 Å². The number of Topliss-reactive ketones (excluding diaryl/α,β-unsaturated/α-hetero) is 1. The molecule has 0 unspecified atom stereocenters. The standard InChI is InChI=1S/C27H32F3N5O5.C23H27N5O6.C3H6F3N/c1-15-9-20-24(33-23(15)21(36)10-16(2)27(28,29)30)35(17-6-8-34(20)12-17)25(37)32-22-11-18(5-7-31-22)38-13-19-14-39-26(3,4)40-19;1-13-8-17-20(26-19(13)21(29)30)28(14-5-7-27(17)10-14)22(31)25-18-9-15(4-6-24-18)32-11-16-12-33-23(2,3)34-16;1-2(7)3(4,5)6/h5,7,9,11,16-17,19H,6,8,10,12-14H2,1-4H3,(H,31,32,37);4,6,8-9,14,16H,5,7,10-12H2,1-3H3,(H,29,30)(H,24,25,31);2H,7H2,1H3/t16-,17-,19-;14-,16-;2-/m001/s1. The number of ether oxygens (including phenoxy) is 6. The molecule has 4 fully saturated rings. The molecule has 4 amide bonds. The molecule has 0 saturated carbocycles. The molecule has 6 aliphatic heterocycles. The monoisotopic (exact) mass is 1150 g/mol. The van der Waals surface area contributed by atoms with Crippen LogP contribution in [0.3, 0.4) is 0 Å². The lowest BCUT2D eigenvalue weighted by atomic mass is 9.99. The summed E-state index contributed by atoms with van der Waals surface area (Å²) >= 11 is 0. The molecular formula is C53H65F6N11O11. The summed E-state index contributed by atoms with van der Waals surface area (Å²) in [4.78, 5) is 75.9. The Kier molecular flexibility index (Phi) is 17.6. The van der Waals surface area contributed by atoms with Crippen molar-refractivity contribution in [1.82, 2.24) is 19.9 Å². The molecule has 4 bridgehead atoms. The van der Waals surface area contributed by atoms with Gasteiger partial charge >= 0.3 is 30.4 Å². The molecule has 4 saturated heterocycles. The van der Waals surface area contributed by atoms with Crippen LogP contribution in [-0.2, 0) is 18.9 Å². The number of amides is 4. The number of aromatic carboxylic acids is 1. The summed E-state index contributed by atoms with van der Waals surface area (Å²) in [5.41, 5.74) is 6.77. The zero-order valence-corrected chi connectivity index (χ0v) is 45.8. The maximum atomic E-state index is 13.5. The largest absolute Gasteiger partial charge is 0.491 e. The molecule has 440 valence electrons. The highest BCUT2D eigenvalue weighted by atomic mass is 19.4. The van der Waals surface area contributed by atoms with Gasteiger partial charge in [0, 0.05) is 57.1 Å². The molecule has 81 heavy (non-hydrogen) atoms. The lowest BCUT2D eigenvalue weighted by Crippen LogP contribution is -2.48. The summed E-state index contributed by atoms with van der Waals surface area (Å²) in [6, 6.07) is 7.13. The van der Waals surface area contributed by atoms with Crippen LogP contribution in [0.25, 0.3) is 0 Å². The fraction of sp³-hybridized carbons (Fsp3) is 0.547. The van der Waals surface area contributed by atoms with Gasteiger partial charge in [-0.2, -0.15) is 26.3 Å². The number of hydrogen-bond donors (Lipinski definition) is 4. The van der Waals surface area contributed by atoms with Crippen LogP contribution in [0.2, 0.25) is 0 Å². The van der Waals surface area contributed by atoms with Crippen molar-refractivity contribution < 1.29 is 79.0 Å². The second-order valence-corrected chi connectivity index (χ2v) is 21.4. The quantitative estimate of drug-likeness (QED) is 0.0769. The van der Waals surface area contributed by atoms with Gasteiger partial charge in [0.05, 0.1) is 48.6 Å². The first-order chi connectivity index (χ1) is 37.9. The molecule has 0 aromatic carbocycles. The molecule has 5 N–H and O–H groups in total. The Morgan fingerprint density at radius 1 is 0.716 bits per heavy atom. The summed E-state index contributed by atoms with van der Waals surface area (Å²) in [5.74, 6) is -2.78. The maximum absolute atomic E-state index is 13.5. The number of carbonyl (C=O) groups excluding carboxylic acids is 3. The molecule has 28 heteroatoms. The van der Waals surface area contributed by atoms with E-state index in [-0.39, 0.29) is 53.9 Å². The number of hydrogen-bond acceptors (Lipinski definition) is 17. The highest BCUT2D eigenvalue weighted by molar-refractivity contribution is 6.06. The first-order valence-corrected chi connectivity index (χ1v) is 26.2. The van der Waals surface area contributed by atoms with E-state index in [1.807, 2.05) is 27.7 Å². The number of halogens is 6. The molecule has 4 aromatic heterocycles. The van der Waals surface area contributed by atoms with Crippen LogP contribution in [0.4, 0.5) is 70.6 Å². The Bertz CT molecular complexity index is 2990. The lowest BCUT2D eigenvalue weighted by molar-refractivity contribution is -0.168. The predicted octanol–water partition coefficient (Wildman–Crippen LogP) is 8.26. The average molecular weight is 1150 g/mol. The number of carboxylic acids is 1. The van der Waals surface area contributed by atoms with Crippen LogP contribution in [0.5, 0.6) is 11.5 Å². The van der Waals surface area contributed by atoms with Crippen molar-refractivity contribution in [2.45, 2.75) is 129 Å². The van der Waals surface area contributed by atoms with E-state index in [9.17, 15) is 50.6 Å². The van der Waals surface area contributed by atoms with Gasteiger partial charge in [0.25, 0.3) is 0 Å². The van der Waals surface area contributed by atoms with E-state index in [0.29, 0.717) is 85.8 Å². The van der Waals surface area contributed by atoms with E-state index in [0.717, 1.165) is 32.5 Å². The fourth-order valence-electron chi connectivity index (χ4n) is 9.75. The summed E-state index contributed by atoms with van der Waals surface area (Å²) < 4.78 is 107. The number of urea groups is 2. The Labute approximate surface area is 462 Å². The van der Waals surface area contributed by atoms with Crippen LogP contribution in [0.1, 0.15) is 92.9 Å². The van der Waals surface area contributed by atoms with Gasteiger partial charge in [0.2, 0.25) is 0 Å². The first-order valence-electron chi connectivity index (χ1n) is 26.2. The number of aryl methyl sites for hydroxylation is 2. The summed E-state index contributed by atoms with van der Waals surface area (Å²) in [6.45, 7) is 16.7. The average Bonchev–Trinajstić information content (AvgIpc) is 4.24. The minimum absolute atomic E-state index is 0.0612. The van der Waals surface area contributed by atoms with E-state index in [1.165, 1.54) is 11.1 Å². The van der Waals surface area contributed by atoms with Gasteiger partial charge in [-0.25, -0.2) is 34.3 Å². The molecule has 22 nitrogen and oxygen atoms in total. The second kappa shape index (κ2) is 23.8. The third-order valence-corrected chi connectivity index (χ3v) is 14.0. The van der Waals surface area contributed by atoms with Crippen LogP contribution in [-0.4, -0.2) is 156 Å². The van der Waals surface area contributed by atoms with Crippen molar-refractivity contribution >= 4 is 58.5 Å². The Balaban J connectivity index is 0.000000192. The highest BCUT2D eigenvalue weighted by Crippen LogP contribution is 2.42. The lowest BCUT2D eigenvalue weighted by Gasteiger charge is -2.36. The third kappa shape index (κ3) is 14.5. The predicted molar refractivity (Wildman–Crippen MR) is 282 cm³/mol. The van der Waals surface area contributed by atoms with Gasteiger partial charge in [-0.15, -0.1) is 0 Å². The number of aromatic nitrogens is 4. The first kappa shape index (κ1) is 60.0. The fourth-order valence-corrected chi connectivity index (χ4v) is 9.75. The SMILES string of the molecule is C[C@@H](N)C(F)(F)F.Cc1cc2c(nc1C(=O)C[C@H](C)C(F)(F)F)N(C(=O)Nc1cc(OC[C@H]3COC(C)(C)O3)ccn1)[C@H]1CCN2C1.Cc1cc2c(nc1C(=O)O)N(C(=O)Nc1cc(OC[C@H]3COC(C)(C)O3)ccn1)[C@H]1CCN2C1. The van der Waals surface area contributed by atoms with Crippen molar-refractivity contribution in [3.63, 3.8) is 0 Å². The molecule has 10 rings (SSSR count). The van der Waals surface area contributed by atoms with E-state index >= 15 is 0 Å². The van der Waals surface area contributed by atoms with Gasteiger partial charge < -0.3 is 49.1 Å². The molecule has 0 spiro atoms. The molecule has 6 atom stereocenters. The number of nitrogens with zero attached hydrogens (tertiary/aromatic N) is 8. The van der Waals surface area contributed by atoms with Crippen LogP contribution in [0.15, 0.2) is 48.8 Å². The van der Waals surface area contributed by atoms with E-state index in [4.69, 9.17) is 28.4 Å². The number of rotatable bonds is 12. The molecule has 0 aliphatic carbocycles. The van der Waals surface area contributed by atoms with Crippen molar-refractivity contribution in [2.24, 2.45) is 11.7 Å². The molecule has 10 heterocycles. The number of carbonyl (C=O) groups is 4. The minimum atomic E-state index is -4.49. The Morgan fingerprint density at radius 2 is 1.14 bits per heavy atom. The molecule has 4 aromatic rings. The molecular weight excluding hydrogens is 1080 g/mol. The zero-order chi connectivity index (χ0) is 58.9. The van der Waals surface area contributed by atoms with Gasteiger partial charge in [-0.3, -0.25) is 25.2 Å². The number of fused-ring (bicyclic) bond motifs is 8. The van der Waals surface area contributed by atoms with Crippen molar-refractivity contribution in [2.75, 3.05) is 82.8 Å². The van der Waals surface area contributed by atoms with Crippen LogP contribution in [0, 0.1) is 19.8 Å². The number of carboxylic acid groups (broad SMARTS) is 1. The normalized spacial score (nSPS) is 21.8. The smallest absolute Gasteiger partial charge is 0.403 e. The summed E-state index contributed by atoms with van der Waals surface area (Å²) in [7, 11) is 0. The van der Waals surface area contributed by atoms with E-state index < -0.39 is 66.1 Å². The van der Waals surface area contributed by atoms with Crippen molar-refractivity contribution in [3.8, 4) is 11.5 Å². The number of pyridine rings is 4. The second-order valence-electron chi connectivity index (χ2n) is 21.4. The zero-order valence-electron chi connectivity index (χ0n) is 45.8. The van der Waals surface area contributed by atoms with Gasteiger partial charge in [0.1, 0.15) is 54.3 Å². The van der Waals surface area contributed by atoms with Crippen LogP contribution >= 0.6 is 0 Å². The number of anilines is 6. The summed E-state index contributed by atoms with van der Waals surface area (Å²) in [5, 5.41) is 15.1. The highest BCUT2D eigenvalue weighted by Gasteiger charge is 2.44. The number of alkyl halides is 6. The van der Waals surface area contributed by atoms with Crippen molar-refractivity contribution in [1.29, 1.82) is 0 Å². The third-order valence-electron chi connectivity index (χ3n) is 14.0. The topological polar surface area (TPSA) is 258 Å². The Hall–Kier alpha value is -7.14. The minimum Gasteiger partial charge on any atom is -0.491 e. The summed E-state index contributed by atoms with van der Waals surface area (Å²) in [6.07, 6.45) is -5.36. The number of ketones is 1. The van der Waals surface area contributed by atoms with E-state index in [1.54, 1.807) is 61.3 Å². The van der Waals surface area contributed by atoms with Gasteiger partial charge in [-0.1, -0.05) is 6.92 Å². The van der Waals surface area contributed by atoms with E-state index in [2.05, 4.69) is 46.1 Å².